The topological polar surface area (TPSA) is 57.6 Å². The lowest BCUT2D eigenvalue weighted by atomic mass is 9.69. The number of piperidine rings is 1. The summed E-state index contributed by atoms with van der Waals surface area (Å²) in [4.78, 5) is 0. The molecule has 1 aliphatic carbocycles. The Morgan fingerprint density at radius 1 is 1.25 bits per heavy atom. The van der Waals surface area contributed by atoms with Crippen LogP contribution in [0.4, 0.5) is 0 Å². The number of sulfonamides is 1. The normalized spacial score (nSPS) is 40.7. The maximum absolute atomic E-state index is 11.7. The van der Waals surface area contributed by atoms with Gasteiger partial charge in [-0.15, -0.1) is 0 Å². The molecule has 5 heteroatoms. The fourth-order valence-corrected chi connectivity index (χ4v) is 4.84. The molecule has 1 aliphatic heterocycles. The van der Waals surface area contributed by atoms with Crippen molar-refractivity contribution in [3.05, 3.63) is 0 Å². The molecule has 20 heavy (non-hydrogen) atoms. The van der Waals surface area contributed by atoms with E-state index >= 15 is 0 Å². The van der Waals surface area contributed by atoms with Crippen molar-refractivity contribution in [2.45, 2.75) is 58.0 Å². The molecule has 1 heterocycles. The molecule has 0 bridgehead atoms. The monoisotopic (exact) mass is 303 g/mol. The Kier molecular flexibility index (Phi) is 4.82. The zero-order valence-corrected chi connectivity index (χ0v) is 13.8. The smallest absolute Gasteiger partial charge is 0.211 e. The average Bonchev–Trinajstić information content (AvgIpc) is 2.33. The van der Waals surface area contributed by atoms with Gasteiger partial charge in [-0.25, -0.2) is 12.7 Å². The molecule has 0 amide bonds. The van der Waals surface area contributed by atoms with Crippen molar-refractivity contribution in [2.75, 3.05) is 19.3 Å². The SMILES string of the molecule is CC1CCC(O)(CC2CCCN(S(C)(=O)=O)C2)CC1C. The average molecular weight is 303 g/mol. The molecule has 0 radical (unpaired) electrons. The highest BCUT2D eigenvalue weighted by atomic mass is 32.2. The molecular weight excluding hydrogens is 274 g/mol. The van der Waals surface area contributed by atoms with Crippen LogP contribution in [0.5, 0.6) is 0 Å². The van der Waals surface area contributed by atoms with Crippen LogP contribution in [0.15, 0.2) is 0 Å². The van der Waals surface area contributed by atoms with Crippen molar-refractivity contribution in [2.24, 2.45) is 17.8 Å². The van der Waals surface area contributed by atoms with E-state index in [0.29, 0.717) is 30.8 Å². The van der Waals surface area contributed by atoms with Gasteiger partial charge < -0.3 is 5.11 Å². The number of rotatable bonds is 3. The summed E-state index contributed by atoms with van der Waals surface area (Å²) in [5, 5.41) is 10.8. The van der Waals surface area contributed by atoms with Crippen LogP contribution in [-0.2, 0) is 10.0 Å². The van der Waals surface area contributed by atoms with Gasteiger partial charge in [0.15, 0.2) is 0 Å². The zero-order valence-electron chi connectivity index (χ0n) is 13.0. The summed E-state index contributed by atoms with van der Waals surface area (Å²) in [5.41, 5.74) is -0.572. The molecule has 0 aromatic heterocycles. The van der Waals surface area contributed by atoms with Gasteiger partial charge in [-0.2, -0.15) is 0 Å². The summed E-state index contributed by atoms with van der Waals surface area (Å²) in [6.07, 6.45) is 6.82. The van der Waals surface area contributed by atoms with Crippen LogP contribution in [0.2, 0.25) is 0 Å². The minimum Gasteiger partial charge on any atom is -0.390 e. The summed E-state index contributed by atoms with van der Waals surface area (Å²) >= 11 is 0. The minimum absolute atomic E-state index is 0.309. The molecule has 0 aromatic carbocycles. The first kappa shape index (κ1) is 16.2. The van der Waals surface area contributed by atoms with Gasteiger partial charge in [0.25, 0.3) is 0 Å². The lowest BCUT2D eigenvalue weighted by molar-refractivity contribution is -0.0506. The summed E-state index contributed by atoms with van der Waals surface area (Å²) < 4.78 is 24.9. The van der Waals surface area contributed by atoms with Crippen molar-refractivity contribution < 1.29 is 13.5 Å². The molecule has 118 valence electrons. The number of nitrogens with zero attached hydrogens (tertiary/aromatic N) is 1. The summed E-state index contributed by atoms with van der Waals surface area (Å²) in [5.74, 6) is 1.56. The van der Waals surface area contributed by atoms with Gasteiger partial charge in [-0.1, -0.05) is 13.8 Å². The first-order chi connectivity index (χ1) is 9.20. The van der Waals surface area contributed by atoms with E-state index < -0.39 is 15.6 Å². The van der Waals surface area contributed by atoms with E-state index in [1.807, 2.05) is 0 Å². The zero-order chi connectivity index (χ0) is 15.0. The van der Waals surface area contributed by atoms with Crippen LogP contribution in [0.1, 0.15) is 52.4 Å². The van der Waals surface area contributed by atoms with E-state index in [9.17, 15) is 13.5 Å². The van der Waals surface area contributed by atoms with Gasteiger partial charge >= 0.3 is 0 Å². The van der Waals surface area contributed by atoms with Gasteiger partial charge in [-0.3, -0.25) is 0 Å². The van der Waals surface area contributed by atoms with E-state index in [4.69, 9.17) is 0 Å². The predicted molar refractivity (Wildman–Crippen MR) is 80.9 cm³/mol. The van der Waals surface area contributed by atoms with Gasteiger partial charge in [-0.05, 0) is 56.3 Å². The Hall–Kier alpha value is -0.130. The van der Waals surface area contributed by atoms with Gasteiger partial charge in [0.2, 0.25) is 10.0 Å². The predicted octanol–water partition coefficient (Wildman–Crippen LogP) is 2.24. The molecule has 1 saturated heterocycles. The molecule has 4 unspecified atom stereocenters. The van der Waals surface area contributed by atoms with E-state index in [0.717, 1.165) is 38.5 Å². The standard InChI is InChI=1S/C15H29NO3S/c1-12-6-7-15(17,9-13(12)2)10-14-5-4-8-16(11-14)20(3,18)19/h12-14,17H,4-11H2,1-3H3. The van der Waals surface area contributed by atoms with Crippen molar-refractivity contribution in [3.63, 3.8) is 0 Å². The maximum atomic E-state index is 11.7. The van der Waals surface area contributed by atoms with E-state index in [1.54, 1.807) is 4.31 Å². The molecule has 1 N–H and O–H groups in total. The van der Waals surface area contributed by atoms with Gasteiger partial charge in [0, 0.05) is 13.1 Å². The molecule has 0 aromatic rings. The minimum atomic E-state index is -3.09. The van der Waals surface area contributed by atoms with Crippen LogP contribution >= 0.6 is 0 Å². The van der Waals surface area contributed by atoms with Crippen LogP contribution < -0.4 is 0 Å². The number of aliphatic hydroxyl groups is 1. The molecule has 1 saturated carbocycles. The fraction of sp³-hybridized carbons (Fsp3) is 1.00. The van der Waals surface area contributed by atoms with E-state index in [-0.39, 0.29) is 0 Å². The molecule has 2 aliphatic rings. The highest BCUT2D eigenvalue weighted by molar-refractivity contribution is 7.88. The van der Waals surface area contributed by atoms with Gasteiger partial charge in [0.1, 0.15) is 0 Å². The third-order valence-electron chi connectivity index (χ3n) is 5.36. The number of hydrogen-bond acceptors (Lipinski definition) is 3. The highest BCUT2D eigenvalue weighted by Gasteiger charge is 2.39. The lowest BCUT2D eigenvalue weighted by Gasteiger charge is -2.42. The quantitative estimate of drug-likeness (QED) is 0.870. The van der Waals surface area contributed by atoms with E-state index in [1.165, 1.54) is 6.26 Å². The second kappa shape index (κ2) is 5.93. The van der Waals surface area contributed by atoms with Crippen LogP contribution in [-0.4, -0.2) is 42.8 Å². The molecule has 2 rings (SSSR count). The molecule has 4 nitrogen and oxygen atoms in total. The largest absolute Gasteiger partial charge is 0.390 e. The Bertz CT molecular complexity index is 436. The lowest BCUT2D eigenvalue weighted by Crippen LogP contribution is -2.44. The third kappa shape index (κ3) is 3.95. The molecule has 4 atom stereocenters. The van der Waals surface area contributed by atoms with Gasteiger partial charge in [0.05, 0.1) is 11.9 Å². The molecular formula is C15H29NO3S. The Morgan fingerprint density at radius 3 is 2.55 bits per heavy atom. The van der Waals surface area contributed by atoms with Crippen molar-refractivity contribution in [1.29, 1.82) is 0 Å². The van der Waals surface area contributed by atoms with Crippen LogP contribution in [0, 0.1) is 17.8 Å². The van der Waals surface area contributed by atoms with E-state index in [2.05, 4.69) is 13.8 Å². The summed E-state index contributed by atoms with van der Waals surface area (Å²) in [6.45, 7) is 5.71. The maximum Gasteiger partial charge on any atom is 0.211 e. The second-order valence-corrected chi connectivity index (χ2v) is 9.24. The Morgan fingerprint density at radius 2 is 1.95 bits per heavy atom. The Balaban J connectivity index is 1.96. The first-order valence-corrected chi connectivity index (χ1v) is 9.72. The summed E-state index contributed by atoms with van der Waals surface area (Å²) in [7, 11) is -3.09. The second-order valence-electron chi connectivity index (χ2n) is 7.26. The third-order valence-corrected chi connectivity index (χ3v) is 6.63. The fourth-order valence-electron chi connectivity index (χ4n) is 3.90. The van der Waals surface area contributed by atoms with Crippen LogP contribution in [0.3, 0.4) is 0 Å². The summed E-state index contributed by atoms with van der Waals surface area (Å²) in [6, 6.07) is 0. The molecule has 2 fully saturated rings. The molecule has 0 spiro atoms. The first-order valence-electron chi connectivity index (χ1n) is 7.87. The van der Waals surface area contributed by atoms with Crippen molar-refractivity contribution >= 4 is 10.0 Å². The van der Waals surface area contributed by atoms with Crippen molar-refractivity contribution in [1.82, 2.24) is 4.31 Å². The Labute approximate surface area is 123 Å². The number of hydrogen-bond donors (Lipinski definition) is 1. The highest BCUT2D eigenvalue weighted by Crippen LogP contribution is 2.41. The van der Waals surface area contributed by atoms with Crippen LogP contribution in [0.25, 0.3) is 0 Å². The van der Waals surface area contributed by atoms with Crippen molar-refractivity contribution in [3.8, 4) is 0 Å².